The van der Waals surface area contributed by atoms with E-state index in [1.54, 1.807) is 0 Å². The molecule has 8 nitrogen and oxygen atoms in total. The number of methoxy groups -OCH3 is 2. The molecule has 1 aromatic carbocycles. The summed E-state index contributed by atoms with van der Waals surface area (Å²) in [5.74, 6) is -0.712. The molecule has 156 valence electrons. The molecule has 2 aromatic rings. The topological polar surface area (TPSA) is 85.1 Å². The third-order valence-electron chi connectivity index (χ3n) is 6.23. The van der Waals surface area contributed by atoms with Gasteiger partial charge in [0.05, 0.1) is 19.6 Å². The highest BCUT2D eigenvalue weighted by Crippen LogP contribution is 2.33. The van der Waals surface area contributed by atoms with Crippen molar-refractivity contribution in [1.82, 2.24) is 10.1 Å². The highest BCUT2D eigenvalue weighted by Gasteiger charge is 2.38. The number of hydrogen-bond donors (Lipinski definition) is 0. The van der Waals surface area contributed by atoms with Gasteiger partial charge in [-0.25, -0.2) is 0 Å². The molecule has 0 spiro atoms. The number of esters is 2. The predicted octanol–water partition coefficient (Wildman–Crippen LogP) is 2.08. The summed E-state index contributed by atoms with van der Waals surface area (Å²) in [6, 6.07) is 8.26. The van der Waals surface area contributed by atoms with Crippen LogP contribution in [0.4, 0.5) is 5.82 Å². The largest absolute Gasteiger partial charge is 0.468 e. The Labute approximate surface area is 169 Å². The third-order valence-corrected chi connectivity index (χ3v) is 6.23. The molecule has 1 aromatic heterocycles. The molecular formula is C21H27N3O5. The van der Waals surface area contributed by atoms with Crippen molar-refractivity contribution in [3.63, 3.8) is 0 Å². The van der Waals surface area contributed by atoms with E-state index in [-0.39, 0.29) is 5.92 Å². The number of fused-ring (bicyclic) bond motifs is 2. The number of hydrogen-bond acceptors (Lipinski definition) is 8. The minimum Gasteiger partial charge on any atom is -0.468 e. The quantitative estimate of drug-likeness (QED) is 0.556. The summed E-state index contributed by atoms with van der Waals surface area (Å²) >= 11 is 0. The van der Waals surface area contributed by atoms with Gasteiger partial charge in [-0.2, -0.15) is 0 Å². The molecule has 2 saturated heterocycles. The average molecular weight is 401 g/mol. The van der Waals surface area contributed by atoms with E-state index < -0.39 is 17.9 Å². The van der Waals surface area contributed by atoms with Crippen LogP contribution >= 0.6 is 0 Å². The monoisotopic (exact) mass is 401 g/mol. The van der Waals surface area contributed by atoms with Crippen molar-refractivity contribution in [1.29, 1.82) is 0 Å². The number of para-hydroxylation sites is 1. The second-order valence-corrected chi connectivity index (χ2v) is 7.86. The summed E-state index contributed by atoms with van der Waals surface area (Å²) in [6.45, 7) is 3.70. The molecule has 0 unspecified atom stereocenters. The SMILES string of the molecule is COC(=O)C(C[C@@H]1CCN2CCN(c3noc4ccccc34)C[C@@H]2C1)C(=O)OC. The minimum absolute atomic E-state index is 0.272. The molecule has 0 aliphatic carbocycles. The predicted molar refractivity (Wildman–Crippen MR) is 106 cm³/mol. The Hall–Kier alpha value is -2.61. The van der Waals surface area contributed by atoms with E-state index in [1.807, 2.05) is 24.3 Å². The lowest BCUT2D eigenvalue weighted by atomic mass is 9.83. The summed E-state index contributed by atoms with van der Waals surface area (Å²) in [6.07, 6.45) is 2.36. The van der Waals surface area contributed by atoms with Crippen LogP contribution < -0.4 is 4.90 Å². The van der Waals surface area contributed by atoms with E-state index in [1.165, 1.54) is 14.2 Å². The normalized spacial score (nSPS) is 22.5. The lowest BCUT2D eigenvalue weighted by molar-refractivity contribution is -0.160. The van der Waals surface area contributed by atoms with E-state index in [9.17, 15) is 9.59 Å². The maximum absolute atomic E-state index is 12.0. The van der Waals surface area contributed by atoms with Gasteiger partial charge in [0.2, 0.25) is 0 Å². The van der Waals surface area contributed by atoms with Gasteiger partial charge in [-0.05, 0) is 43.9 Å². The number of benzene rings is 1. The van der Waals surface area contributed by atoms with Crippen molar-refractivity contribution in [3.05, 3.63) is 24.3 Å². The summed E-state index contributed by atoms with van der Waals surface area (Å²) in [5.41, 5.74) is 0.797. The van der Waals surface area contributed by atoms with Gasteiger partial charge < -0.3 is 18.9 Å². The van der Waals surface area contributed by atoms with Crippen molar-refractivity contribution in [2.75, 3.05) is 45.3 Å². The first-order valence-electron chi connectivity index (χ1n) is 10.1. The maximum Gasteiger partial charge on any atom is 0.320 e. The van der Waals surface area contributed by atoms with Gasteiger partial charge in [0.1, 0.15) is 0 Å². The van der Waals surface area contributed by atoms with Crippen LogP contribution in [0.3, 0.4) is 0 Å². The lowest BCUT2D eigenvalue weighted by Crippen LogP contribution is -2.56. The van der Waals surface area contributed by atoms with Crippen molar-refractivity contribution in [3.8, 4) is 0 Å². The fourth-order valence-electron chi connectivity index (χ4n) is 4.68. The molecule has 0 bridgehead atoms. The Bertz CT molecular complexity index is 866. The van der Waals surface area contributed by atoms with Crippen molar-refractivity contribution < 1.29 is 23.6 Å². The van der Waals surface area contributed by atoms with E-state index in [2.05, 4.69) is 15.0 Å². The summed E-state index contributed by atoms with van der Waals surface area (Å²) in [5, 5.41) is 5.33. The molecule has 0 amide bonds. The van der Waals surface area contributed by atoms with Gasteiger partial charge in [-0.3, -0.25) is 14.5 Å². The van der Waals surface area contributed by atoms with Crippen molar-refractivity contribution in [2.45, 2.75) is 25.3 Å². The molecule has 0 saturated carbocycles. The number of piperazine rings is 1. The molecule has 4 rings (SSSR count). The van der Waals surface area contributed by atoms with Gasteiger partial charge in [0.25, 0.3) is 0 Å². The zero-order valence-corrected chi connectivity index (χ0v) is 16.9. The fourth-order valence-corrected chi connectivity index (χ4v) is 4.68. The zero-order chi connectivity index (χ0) is 20.4. The number of nitrogens with zero attached hydrogens (tertiary/aromatic N) is 3. The Kier molecular flexibility index (Phi) is 5.71. The standard InChI is InChI=1S/C21H27N3O5/c1-27-20(25)17(21(26)28-2)12-14-7-8-23-9-10-24(13-15(23)11-14)19-16-5-3-4-6-18(16)29-22-19/h3-6,14-15,17H,7-13H2,1-2H3/t14-,15+/m1/s1. The fraction of sp³-hybridized carbons (Fsp3) is 0.571. The van der Waals surface area contributed by atoms with Crippen LogP contribution in [0.25, 0.3) is 11.0 Å². The van der Waals surface area contributed by atoms with Crippen LogP contribution in [0.15, 0.2) is 28.8 Å². The summed E-state index contributed by atoms with van der Waals surface area (Å²) < 4.78 is 15.1. The highest BCUT2D eigenvalue weighted by molar-refractivity contribution is 5.94. The summed E-state index contributed by atoms with van der Waals surface area (Å²) in [4.78, 5) is 28.9. The minimum atomic E-state index is -0.847. The Balaban J connectivity index is 1.44. The van der Waals surface area contributed by atoms with Crippen LogP contribution in [0.1, 0.15) is 19.3 Å². The molecule has 2 aliphatic heterocycles. The number of rotatable bonds is 5. The second kappa shape index (κ2) is 8.41. The second-order valence-electron chi connectivity index (χ2n) is 7.86. The number of ether oxygens (including phenoxy) is 2. The Morgan fingerprint density at radius 2 is 1.93 bits per heavy atom. The maximum atomic E-state index is 12.0. The number of carbonyl (C=O) groups is 2. The van der Waals surface area contributed by atoms with E-state index in [4.69, 9.17) is 14.0 Å². The van der Waals surface area contributed by atoms with Crippen LogP contribution in [0, 0.1) is 11.8 Å². The molecule has 29 heavy (non-hydrogen) atoms. The number of piperidine rings is 1. The van der Waals surface area contributed by atoms with E-state index in [0.717, 1.165) is 55.8 Å². The Morgan fingerprint density at radius 1 is 1.17 bits per heavy atom. The zero-order valence-electron chi connectivity index (χ0n) is 16.9. The summed E-state index contributed by atoms with van der Waals surface area (Å²) in [7, 11) is 2.62. The molecule has 3 heterocycles. The molecule has 2 fully saturated rings. The first-order valence-corrected chi connectivity index (χ1v) is 10.1. The van der Waals surface area contributed by atoms with E-state index in [0.29, 0.717) is 12.5 Å². The lowest BCUT2D eigenvalue weighted by Gasteiger charge is -2.46. The van der Waals surface area contributed by atoms with Gasteiger partial charge >= 0.3 is 11.9 Å². The molecule has 2 aliphatic rings. The first kappa shape index (κ1) is 19.7. The molecule has 8 heteroatoms. The molecule has 0 N–H and O–H groups in total. The number of aromatic nitrogens is 1. The number of carbonyl (C=O) groups excluding carboxylic acids is 2. The Morgan fingerprint density at radius 3 is 2.69 bits per heavy atom. The van der Waals surface area contributed by atoms with Crippen LogP contribution in [0.2, 0.25) is 0 Å². The van der Waals surface area contributed by atoms with Crippen LogP contribution in [-0.4, -0.2) is 68.4 Å². The van der Waals surface area contributed by atoms with Gasteiger partial charge in [0.15, 0.2) is 17.3 Å². The first-order chi connectivity index (χ1) is 14.1. The third kappa shape index (κ3) is 3.94. The van der Waals surface area contributed by atoms with Crippen molar-refractivity contribution >= 4 is 28.7 Å². The molecule has 2 atom stereocenters. The van der Waals surface area contributed by atoms with Gasteiger partial charge in [-0.15, -0.1) is 0 Å². The van der Waals surface area contributed by atoms with E-state index >= 15 is 0 Å². The average Bonchev–Trinajstić information content (AvgIpc) is 3.20. The van der Waals surface area contributed by atoms with Crippen molar-refractivity contribution in [2.24, 2.45) is 11.8 Å². The highest BCUT2D eigenvalue weighted by atomic mass is 16.5. The van der Waals surface area contributed by atoms with Gasteiger partial charge in [0, 0.05) is 25.7 Å². The van der Waals surface area contributed by atoms with Crippen LogP contribution in [0.5, 0.6) is 0 Å². The number of anilines is 1. The smallest absolute Gasteiger partial charge is 0.320 e. The van der Waals surface area contributed by atoms with Crippen LogP contribution in [-0.2, 0) is 19.1 Å². The molecule has 0 radical (unpaired) electrons. The molecular weight excluding hydrogens is 374 g/mol. The van der Waals surface area contributed by atoms with Gasteiger partial charge in [-0.1, -0.05) is 17.3 Å².